The second-order valence-corrected chi connectivity index (χ2v) is 12.1. The molecule has 0 spiro atoms. The van der Waals surface area contributed by atoms with E-state index in [-0.39, 0.29) is 23.8 Å². The minimum Gasteiger partial charge on any atom is -0.355 e. The van der Waals surface area contributed by atoms with Gasteiger partial charge in [-0.3, -0.25) is 13.9 Å². The van der Waals surface area contributed by atoms with E-state index >= 15 is 0 Å². The first kappa shape index (κ1) is 30.8. The number of carbonyl (C=O) groups is 2. The van der Waals surface area contributed by atoms with Crippen LogP contribution < -0.4 is 9.62 Å². The van der Waals surface area contributed by atoms with Crippen LogP contribution in [0, 0.1) is 6.92 Å². The fourth-order valence-corrected chi connectivity index (χ4v) is 6.23. The molecule has 0 fully saturated rings. The summed E-state index contributed by atoms with van der Waals surface area (Å²) in [6, 6.07) is 30.6. The third kappa shape index (κ3) is 7.57. The molecule has 0 aromatic heterocycles. The van der Waals surface area contributed by atoms with Crippen molar-refractivity contribution < 1.29 is 18.0 Å². The summed E-state index contributed by atoms with van der Waals surface area (Å²) >= 11 is 6.50. The normalized spacial score (nSPS) is 11.9. The van der Waals surface area contributed by atoms with Gasteiger partial charge in [0.05, 0.1) is 10.6 Å². The summed E-state index contributed by atoms with van der Waals surface area (Å²) in [6.45, 7) is 3.55. The molecule has 0 aliphatic heterocycles. The Morgan fingerprint density at radius 1 is 0.833 bits per heavy atom. The molecule has 0 aliphatic rings. The molecule has 2 amide bonds. The van der Waals surface area contributed by atoms with Gasteiger partial charge in [0, 0.05) is 24.5 Å². The van der Waals surface area contributed by atoms with Crippen LogP contribution in [0.5, 0.6) is 0 Å². The molecule has 4 aromatic rings. The highest BCUT2D eigenvalue weighted by Crippen LogP contribution is 2.26. The van der Waals surface area contributed by atoms with Crippen LogP contribution in [0.3, 0.4) is 0 Å². The van der Waals surface area contributed by atoms with Crippen molar-refractivity contribution in [1.29, 1.82) is 0 Å². The van der Waals surface area contributed by atoms with E-state index in [0.29, 0.717) is 22.8 Å². The maximum Gasteiger partial charge on any atom is 0.264 e. The van der Waals surface area contributed by atoms with Crippen LogP contribution in [0.2, 0.25) is 5.02 Å². The van der Waals surface area contributed by atoms with Crippen LogP contribution in [-0.4, -0.2) is 44.3 Å². The van der Waals surface area contributed by atoms with Gasteiger partial charge in [0.2, 0.25) is 11.8 Å². The van der Waals surface area contributed by atoms with Crippen molar-refractivity contribution in [3.05, 3.63) is 131 Å². The standard InChI is InChI=1S/C33H34ClN3O4S/c1-3-35-33(39)31(22-26-12-6-4-7-13-26)36(23-27-14-10-11-17-30(27)34)32(38)24-37(28-15-8-5-9-16-28)42(40,41)29-20-18-25(2)19-21-29/h4-21,31H,3,22-24H2,1-2H3,(H,35,39). The van der Waals surface area contributed by atoms with Crippen LogP contribution in [0.15, 0.2) is 114 Å². The third-order valence-corrected chi connectivity index (χ3v) is 9.01. The molecule has 0 radical (unpaired) electrons. The van der Waals surface area contributed by atoms with Gasteiger partial charge in [-0.15, -0.1) is 0 Å². The third-order valence-electron chi connectivity index (χ3n) is 6.85. The minimum absolute atomic E-state index is 0.0142. The van der Waals surface area contributed by atoms with Gasteiger partial charge in [-0.2, -0.15) is 0 Å². The van der Waals surface area contributed by atoms with Gasteiger partial charge in [0.1, 0.15) is 12.6 Å². The Kier molecular flexibility index (Phi) is 10.4. The van der Waals surface area contributed by atoms with Crippen molar-refractivity contribution in [2.45, 2.75) is 37.8 Å². The average Bonchev–Trinajstić information content (AvgIpc) is 2.99. The summed E-state index contributed by atoms with van der Waals surface area (Å²) in [4.78, 5) is 29.3. The molecule has 4 rings (SSSR count). The lowest BCUT2D eigenvalue weighted by Gasteiger charge is -2.34. The Bertz CT molecular complexity index is 1600. The number of rotatable bonds is 12. The summed E-state index contributed by atoms with van der Waals surface area (Å²) in [5, 5.41) is 3.29. The predicted molar refractivity (Wildman–Crippen MR) is 167 cm³/mol. The highest BCUT2D eigenvalue weighted by Gasteiger charge is 2.34. The van der Waals surface area contributed by atoms with E-state index in [1.54, 1.807) is 66.7 Å². The van der Waals surface area contributed by atoms with Crippen molar-refractivity contribution in [3.8, 4) is 0 Å². The molecule has 1 atom stereocenters. The number of hydrogen-bond acceptors (Lipinski definition) is 4. The van der Waals surface area contributed by atoms with E-state index in [4.69, 9.17) is 11.6 Å². The fourth-order valence-electron chi connectivity index (χ4n) is 4.62. The zero-order valence-corrected chi connectivity index (χ0v) is 25.2. The Hall–Kier alpha value is -4.14. The maximum atomic E-state index is 14.3. The van der Waals surface area contributed by atoms with Gasteiger partial charge in [0.15, 0.2) is 0 Å². The Morgan fingerprint density at radius 2 is 1.43 bits per heavy atom. The summed E-state index contributed by atoms with van der Waals surface area (Å²) in [7, 11) is -4.14. The number of nitrogens with zero attached hydrogens (tertiary/aromatic N) is 2. The fraction of sp³-hybridized carbons (Fsp3) is 0.212. The van der Waals surface area contributed by atoms with E-state index in [1.807, 2.05) is 44.2 Å². The van der Waals surface area contributed by atoms with Crippen molar-refractivity contribution in [2.24, 2.45) is 0 Å². The number of carbonyl (C=O) groups excluding carboxylic acids is 2. The molecule has 0 saturated heterocycles. The number of aryl methyl sites for hydroxylation is 1. The van der Waals surface area contributed by atoms with Crippen molar-refractivity contribution in [2.75, 3.05) is 17.4 Å². The molecule has 0 saturated carbocycles. The van der Waals surface area contributed by atoms with E-state index in [2.05, 4.69) is 5.32 Å². The van der Waals surface area contributed by atoms with Crippen LogP contribution in [-0.2, 0) is 32.6 Å². The van der Waals surface area contributed by atoms with E-state index in [9.17, 15) is 18.0 Å². The number of likely N-dealkylation sites (N-methyl/N-ethyl adjacent to an activating group) is 1. The number of halogens is 1. The van der Waals surface area contributed by atoms with Gasteiger partial charge in [-0.05, 0) is 55.3 Å². The average molecular weight is 604 g/mol. The van der Waals surface area contributed by atoms with E-state index in [1.165, 1.54) is 17.0 Å². The molecule has 4 aromatic carbocycles. The molecule has 0 heterocycles. The second-order valence-electron chi connectivity index (χ2n) is 9.87. The monoisotopic (exact) mass is 603 g/mol. The molecule has 0 bridgehead atoms. The van der Waals surface area contributed by atoms with Crippen molar-refractivity contribution in [3.63, 3.8) is 0 Å². The Labute approximate surface area is 252 Å². The summed E-state index contributed by atoms with van der Waals surface area (Å²) in [5.41, 5.74) is 2.75. The van der Waals surface area contributed by atoms with Crippen LogP contribution in [0.4, 0.5) is 5.69 Å². The Morgan fingerprint density at radius 3 is 2.05 bits per heavy atom. The summed E-state index contributed by atoms with van der Waals surface area (Å²) in [6.07, 6.45) is 0.235. The number of amides is 2. The molecular weight excluding hydrogens is 570 g/mol. The van der Waals surface area contributed by atoms with E-state index in [0.717, 1.165) is 15.4 Å². The SMILES string of the molecule is CCNC(=O)C(Cc1ccccc1)N(Cc1ccccc1Cl)C(=O)CN(c1ccccc1)S(=O)(=O)c1ccc(C)cc1. The maximum absolute atomic E-state index is 14.3. The molecule has 9 heteroatoms. The smallest absolute Gasteiger partial charge is 0.264 e. The minimum atomic E-state index is -4.14. The first-order chi connectivity index (χ1) is 20.2. The van der Waals surface area contributed by atoms with Crippen molar-refractivity contribution >= 4 is 39.1 Å². The lowest BCUT2D eigenvalue weighted by molar-refractivity contribution is -0.140. The predicted octanol–water partition coefficient (Wildman–Crippen LogP) is 5.62. The first-order valence-electron chi connectivity index (χ1n) is 13.7. The molecule has 218 valence electrons. The number of benzene rings is 4. The molecule has 7 nitrogen and oxygen atoms in total. The molecular formula is C33H34ClN3O4S. The zero-order valence-electron chi connectivity index (χ0n) is 23.6. The van der Waals surface area contributed by atoms with Gasteiger partial charge in [-0.25, -0.2) is 8.42 Å². The quantitative estimate of drug-likeness (QED) is 0.228. The lowest BCUT2D eigenvalue weighted by atomic mass is 10.0. The zero-order chi connectivity index (χ0) is 30.1. The number of sulfonamides is 1. The van der Waals surface area contributed by atoms with E-state index < -0.39 is 28.5 Å². The van der Waals surface area contributed by atoms with Gasteiger partial charge < -0.3 is 10.2 Å². The number of hydrogen-bond donors (Lipinski definition) is 1. The molecule has 42 heavy (non-hydrogen) atoms. The molecule has 1 N–H and O–H groups in total. The number of nitrogens with one attached hydrogen (secondary N) is 1. The topological polar surface area (TPSA) is 86.8 Å². The number of anilines is 1. The van der Waals surface area contributed by atoms with Gasteiger partial charge >= 0.3 is 0 Å². The summed E-state index contributed by atoms with van der Waals surface area (Å²) < 4.78 is 29.0. The second kappa shape index (κ2) is 14.2. The van der Waals surface area contributed by atoms with Crippen molar-refractivity contribution in [1.82, 2.24) is 10.2 Å². The largest absolute Gasteiger partial charge is 0.355 e. The molecule has 0 aliphatic carbocycles. The molecule has 1 unspecified atom stereocenters. The van der Waals surface area contributed by atoms with Crippen LogP contribution in [0.25, 0.3) is 0 Å². The lowest BCUT2D eigenvalue weighted by Crippen LogP contribution is -2.53. The summed E-state index contributed by atoms with van der Waals surface area (Å²) in [5.74, 6) is -0.879. The van der Waals surface area contributed by atoms with Gasteiger partial charge in [0.25, 0.3) is 10.0 Å². The number of para-hydroxylation sites is 1. The van der Waals surface area contributed by atoms with Crippen LogP contribution in [0.1, 0.15) is 23.6 Å². The highest BCUT2D eigenvalue weighted by atomic mass is 35.5. The van der Waals surface area contributed by atoms with Crippen LogP contribution >= 0.6 is 11.6 Å². The Balaban J connectivity index is 1.78. The highest BCUT2D eigenvalue weighted by molar-refractivity contribution is 7.92. The first-order valence-corrected chi connectivity index (χ1v) is 15.5. The van der Waals surface area contributed by atoms with Gasteiger partial charge in [-0.1, -0.05) is 96.0 Å².